The molecule has 0 unspecified atom stereocenters. The second kappa shape index (κ2) is 6.57. The monoisotopic (exact) mass is 360 g/mol. The summed E-state index contributed by atoms with van der Waals surface area (Å²) < 4.78 is 13.3. The molecule has 5 nitrogen and oxygen atoms in total. The Labute approximate surface area is 147 Å². The quantitative estimate of drug-likeness (QED) is 0.675. The van der Waals surface area contributed by atoms with Crippen LogP contribution < -0.4 is 4.90 Å². The molecule has 0 amide bonds. The van der Waals surface area contributed by atoms with E-state index in [2.05, 4.69) is 4.98 Å². The van der Waals surface area contributed by atoms with Crippen LogP contribution in [0.4, 0.5) is 10.1 Å². The van der Waals surface area contributed by atoms with Crippen LogP contribution in [-0.4, -0.2) is 35.4 Å². The molecule has 0 aliphatic rings. The van der Waals surface area contributed by atoms with Crippen LogP contribution in [0.25, 0.3) is 10.9 Å². The van der Waals surface area contributed by atoms with Gasteiger partial charge in [0.15, 0.2) is 5.78 Å². The number of carbonyl (C=O) groups is 2. The molecule has 0 spiro atoms. The molecule has 0 aliphatic heterocycles. The molecule has 3 rings (SSSR count). The lowest BCUT2D eigenvalue weighted by Crippen LogP contribution is -2.27. The number of fused-ring (bicyclic) bond motifs is 1. The molecule has 1 aromatic heterocycles. The van der Waals surface area contributed by atoms with Gasteiger partial charge in [0, 0.05) is 28.5 Å². The van der Waals surface area contributed by atoms with Crippen molar-refractivity contribution in [2.75, 3.05) is 18.5 Å². The molecule has 0 atom stereocenters. The summed E-state index contributed by atoms with van der Waals surface area (Å²) in [6.07, 6.45) is 0. The molecule has 2 aromatic carbocycles. The number of halogens is 2. The number of aromatic amines is 1. The number of hydrogen-bond acceptors (Lipinski definition) is 3. The van der Waals surface area contributed by atoms with Crippen molar-refractivity contribution in [1.29, 1.82) is 0 Å². The summed E-state index contributed by atoms with van der Waals surface area (Å²) in [5.41, 5.74) is 1.13. The minimum absolute atomic E-state index is 0.0354. The summed E-state index contributed by atoms with van der Waals surface area (Å²) in [4.78, 5) is 28.3. The Morgan fingerprint density at radius 1 is 1.24 bits per heavy atom. The lowest BCUT2D eigenvalue weighted by Gasteiger charge is -2.19. The third-order valence-electron chi connectivity index (χ3n) is 3.86. The summed E-state index contributed by atoms with van der Waals surface area (Å²) in [6.45, 7) is -0.0979. The van der Waals surface area contributed by atoms with E-state index in [0.29, 0.717) is 21.6 Å². The summed E-state index contributed by atoms with van der Waals surface area (Å²) in [5, 5.41) is 10.6. The number of Topliss-reactive ketones (excluding diaryl/α,β-unsaturated/α-hetero) is 1. The van der Waals surface area contributed by atoms with Crippen LogP contribution in [0, 0.1) is 5.82 Å². The van der Waals surface area contributed by atoms with Crippen molar-refractivity contribution in [3.63, 3.8) is 0 Å². The zero-order valence-corrected chi connectivity index (χ0v) is 14.0. The molecule has 2 N–H and O–H groups in total. The molecular formula is C18H14ClFN2O3. The maximum Gasteiger partial charge on any atom is 0.354 e. The highest BCUT2D eigenvalue weighted by molar-refractivity contribution is 6.31. The molecule has 1 heterocycles. The number of anilines is 1. The van der Waals surface area contributed by atoms with E-state index in [1.54, 1.807) is 25.2 Å². The molecule has 3 aromatic rings. The van der Waals surface area contributed by atoms with Gasteiger partial charge in [0.2, 0.25) is 0 Å². The third kappa shape index (κ3) is 3.34. The van der Waals surface area contributed by atoms with Gasteiger partial charge in [-0.25, -0.2) is 9.18 Å². The Hall–Kier alpha value is -2.86. The maximum absolute atomic E-state index is 13.3. The van der Waals surface area contributed by atoms with Gasteiger partial charge in [-0.1, -0.05) is 23.7 Å². The van der Waals surface area contributed by atoms with Crippen LogP contribution in [0.15, 0.2) is 42.5 Å². The zero-order valence-electron chi connectivity index (χ0n) is 13.2. The zero-order chi connectivity index (χ0) is 18.1. The van der Waals surface area contributed by atoms with E-state index in [9.17, 15) is 19.1 Å². The fourth-order valence-electron chi connectivity index (χ4n) is 2.75. The van der Waals surface area contributed by atoms with Crippen molar-refractivity contribution in [2.45, 2.75) is 0 Å². The summed E-state index contributed by atoms with van der Waals surface area (Å²) in [5.74, 6) is -1.96. The van der Waals surface area contributed by atoms with Gasteiger partial charge in [0.1, 0.15) is 11.5 Å². The maximum atomic E-state index is 13.3. The average molecular weight is 361 g/mol. The van der Waals surface area contributed by atoms with Crippen molar-refractivity contribution in [3.8, 4) is 0 Å². The van der Waals surface area contributed by atoms with E-state index >= 15 is 0 Å². The van der Waals surface area contributed by atoms with Gasteiger partial charge >= 0.3 is 5.97 Å². The molecule has 0 bridgehead atoms. The number of benzene rings is 2. The van der Waals surface area contributed by atoms with Crippen LogP contribution in [0.1, 0.15) is 20.8 Å². The minimum Gasteiger partial charge on any atom is -0.477 e. The summed E-state index contributed by atoms with van der Waals surface area (Å²) >= 11 is 5.95. The Morgan fingerprint density at radius 3 is 2.68 bits per heavy atom. The number of hydrogen-bond donors (Lipinski definition) is 2. The first kappa shape index (κ1) is 17.0. The number of rotatable bonds is 5. The molecule has 0 saturated carbocycles. The van der Waals surface area contributed by atoms with Gasteiger partial charge in [-0.15, -0.1) is 0 Å². The number of carboxylic acids is 1. The first-order valence-electron chi connectivity index (χ1n) is 7.41. The van der Waals surface area contributed by atoms with Gasteiger partial charge in [-0.2, -0.15) is 0 Å². The molecule has 0 saturated heterocycles. The lowest BCUT2D eigenvalue weighted by molar-refractivity contribution is 0.0691. The van der Waals surface area contributed by atoms with E-state index in [4.69, 9.17) is 11.6 Å². The summed E-state index contributed by atoms with van der Waals surface area (Å²) in [6, 6.07) is 10.4. The number of likely N-dealkylation sites (N-methyl/N-ethyl adjacent to an activating group) is 1. The Bertz CT molecular complexity index is 984. The van der Waals surface area contributed by atoms with Crippen molar-refractivity contribution in [2.24, 2.45) is 0 Å². The predicted octanol–water partition coefficient (Wildman–Crippen LogP) is 3.98. The predicted molar refractivity (Wildman–Crippen MR) is 94.3 cm³/mol. The largest absolute Gasteiger partial charge is 0.477 e. The average Bonchev–Trinajstić information content (AvgIpc) is 2.93. The number of H-pyrrole nitrogens is 1. The van der Waals surface area contributed by atoms with Crippen LogP contribution in [-0.2, 0) is 0 Å². The lowest BCUT2D eigenvalue weighted by atomic mass is 10.1. The van der Waals surface area contributed by atoms with Gasteiger partial charge in [-0.05, 0) is 30.3 Å². The normalized spacial score (nSPS) is 10.8. The highest BCUT2D eigenvalue weighted by Crippen LogP contribution is 2.32. The van der Waals surface area contributed by atoms with Gasteiger partial charge < -0.3 is 15.0 Å². The Morgan fingerprint density at radius 2 is 2.00 bits per heavy atom. The fourth-order valence-corrected chi connectivity index (χ4v) is 2.93. The first-order valence-corrected chi connectivity index (χ1v) is 7.79. The molecule has 128 valence electrons. The number of aromatic carboxylic acids is 1. The first-order chi connectivity index (χ1) is 11.9. The summed E-state index contributed by atoms with van der Waals surface area (Å²) in [7, 11) is 1.61. The molecule has 7 heteroatoms. The van der Waals surface area contributed by atoms with Crippen molar-refractivity contribution < 1.29 is 19.1 Å². The number of carboxylic acid groups (broad SMARTS) is 1. The van der Waals surface area contributed by atoms with E-state index in [-0.39, 0.29) is 23.6 Å². The Kier molecular flexibility index (Phi) is 4.46. The van der Waals surface area contributed by atoms with E-state index in [1.807, 2.05) is 0 Å². The van der Waals surface area contributed by atoms with Crippen molar-refractivity contribution in [1.82, 2.24) is 4.98 Å². The van der Waals surface area contributed by atoms with Gasteiger partial charge in [0.25, 0.3) is 0 Å². The number of nitrogens with one attached hydrogen (secondary N) is 1. The second-order valence-corrected chi connectivity index (χ2v) is 6.07. The number of nitrogens with zero attached hydrogens (tertiary/aromatic N) is 1. The van der Waals surface area contributed by atoms with Crippen molar-refractivity contribution in [3.05, 3.63) is 64.6 Å². The number of aromatic nitrogens is 1. The SMILES string of the molecule is CN(CC(=O)c1cccc(F)c1)c1c(C(=O)O)[nH]c2cc(Cl)ccc12. The third-order valence-corrected chi connectivity index (χ3v) is 4.09. The van der Waals surface area contributed by atoms with Crippen LogP contribution in [0.2, 0.25) is 5.02 Å². The molecule has 0 aliphatic carbocycles. The van der Waals surface area contributed by atoms with Crippen LogP contribution in [0.5, 0.6) is 0 Å². The smallest absolute Gasteiger partial charge is 0.354 e. The van der Waals surface area contributed by atoms with E-state index in [0.717, 1.165) is 6.07 Å². The van der Waals surface area contributed by atoms with Crippen molar-refractivity contribution >= 4 is 39.9 Å². The van der Waals surface area contributed by atoms with Crippen LogP contribution in [0.3, 0.4) is 0 Å². The highest BCUT2D eigenvalue weighted by Gasteiger charge is 2.22. The molecule has 0 radical (unpaired) electrons. The number of ketones is 1. The van der Waals surface area contributed by atoms with E-state index in [1.165, 1.54) is 23.1 Å². The minimum atomic E-state index is -1.15. The topological polar surface area (TPSA) is 73.4 Å². The standard InChI is InChI=1S/C18H14ClFN2O3/c1-22(9-15(23)10-3-2-4-12(20)7-10)17-13-6-5-11(19)8-14(13)21-16(17)18(24)25/h2-8,21H,9H2,1H3,(H,24,25). The molecular weight excluding hydrogens is 347 g/mol. The van der Waals surface area contributed by atoms with Gasteiger partial charge in [0.05, 0.1) is 12.2 Å². The van der Waals surface area contributed by atoms with Crippen LogP contribution >= 0.6 is 11.6 Å². The fraction of sp³-hybridized carbons (Fsp3) is 0.111. The highest BCUT2D eigenvalue weighted by atomic mass is 35.5. The molecule has 25 heavy (non-hydrogen) atoms. The van der Waals surface area contributed by atoms with Gasteiger partial charge in [-0.3, -0.25) is 4.79 Å². The molecule has 0 fully saturated rings. The second-order valence-electron chi connectivity index (χ2n) is 5.63. The number of carbonyl (C=O) groups excluding carboxylic acids is 1. The van der Waals surface area contributed by atoms with E-state index < -0.39 is 11.8 Å². The Balaban J connectivity index is 1.98.